The Morgan fingerprint density at radius 3 is 2.54 bits per heavy atom. The van der Waals surface area contributed by atoms with Gasteiger partial charge in [-0.05, 0) is 35.4 Å². The molecular formula is C18H18N4O2. The summed E-state index contributed by atoms with van der Waals surface area (Å²) in [6.45, 7) is 2.45. The lowest BCUT2D eigenvalue weighted by Gasteiger charge is -2.19. The summed E-state index contributed by atoms with van der Waals surface area (Å²) in [4.78, 5) is 11.3. The average Bonchev–Trinajstić information content (AvgIpc) is 2.58. The van der Waals surface area contributed by atoms with Gasteiger partial charge < -0.3 is 5.11 Å². The first-order valence-corrected chi connectivity index (χ1v) is 7.74. The number of azo groups is 1. The monoisotopic (exact) mass is 322 g/mol. The minimum absolute atomic E-state index is 0.0501. The van der Waals surface area contributed by atoms with Gasteiger partial charge in [0, 0.05) is 12.3 Å². The molecule has 0 saturated heterocycles. The zero-order valence-corrected chi connectivity index (χ0v) is 13.3. The number of rotatable bonds is 4. The molecule has 0 saturated carbocycles. The summed E-state index contributed by atoms with van der Waals surface area (Å²) in [5, 5.41) is 21.7. The highest BCUT2D eigenvalue weighted by molar-refractivity contribution is 6.05. The van der Waals surface area contributed by atoms with E-state index in [0.29, 0.717) is 13.0 Å². The number of phenols is 1. The first-order valence-electron chi connectivity index (χ1n) is 7.74. The second-order valence-corrected chi connectivity index (χ2v) is 5.75. The Balaban J connectivity index is 1.65. The lowest BCUT2D eigenvalue weighted by Crippen LogP contribution is -2.31. The second kappa shape index (κ2) is 7.04. The topological polar surface area (TPSA) is 86.4 Å². The van der Waals surface area contributed by atoms with E-state index in [1.807, 2.05) is 43.3 Å². The third-order valence-corrected chi connectivity index (χ3v) is 3.80. The molecule has 0 bridgehead atoms. The molecule has 0 radical (unpaired) electrons. The molecule has 1 unspecified atom stereocenters. The van der Waals surface area contributed by atoms with Crippen molar-refractivity contribution in [3.05, 3.63) is 59.7 Å². The van der Waals surface area contributed by atoms with Crippen LogP contribution in [0.2, 0.25) is 0 Å². The maximum Gasteiger partial charge on any atom is 0.240 e. The molecule has 24 heavy (non-hydrogen) atoms. The second-order valence-electron chi connectivity index (χ2n) is 5.75. The normalized spacial score (nSPS) is 17.6. The highest BCUT2D eigenvalue weighted by Crippen LogP contribution is 2.20. The fourth-order valence-corrected chi connectivity index (χ4v) is 2.50. The van der Waals surface area contributed by atoms with Crippen LogP contribution in [0.4, 0.5) is 5.69 Å². The predicted molar refractivity (Wildman–Crippen MR) is 91.2 cm³/mol. The number of carbonyl (C=O) groups excluding carboxylic acids is 1. The van der Waals surface area contributed by atoms with Crippen molar-refractivity contribution in [3.63, 3.8) is 0 Å². The van der Waals surface area contributed by atoms with E-state index in [1.54, 1.807) is 12.1 Å². The van der Waals surface area contributed by atoms with Gasteiger partial charge in [-0.3, -0.25) is 4.79 Å². The molecule has 6 nitrogen and oxygen atoms in total. The molecule has 0 aromatic heterocycles. The Labute approximate surface area is 139 Å². The number of carbonyl (C=O) groups is 1. The Kier molecular flexibility index (Phi) is 4.65. The van der Waals surface area contributed by atoms with Crippen LogP contribution in [0, 0.1) is 5.92 Å². The molecule has 1 heterocycles. The molecule has 1 aliphatic rings. The van der Waals surface area contributed by atoms with Crippen molar-refractivity contribution in [2.75, 3.05) is 0 Å². The first-order chi connectivity index (χ1) is 11.6. The summed E-state index contributed by atoms with van der Waals surface area (Å²) in [6, 6.07) is 14.5. The molecule has 2 N–H and O–H groups in total. The molecule has 0 spiro atoms. The summed E-state index contributed by atoms with van der Waals surface area (Å²) >= 11 is 0. The van der Waals surface area contributed by atoms with Crippen LogP contribution in [-0.2, 0) is 11.3 Å². The minimum Gasteiger partial charge on any atom is -0.508 e. The van der Waals surface area contributed by atoms with Crippen molar-refractivity contribution >= 4 is 17.3 Å². The van der Waals surface area contributed by atoms with Gasteiger partial charge >= 0.3 is 0 Å². The molecule has 1 amide bonds. The van der Waals surface area contributed by atoms with Crippen molar-refractivity contribution in [2.24, 2.45) is 21.2 Å². The third-order valence-electron chi connectivity index (χ3n) is 3.80. The number of phenolic OH excluding ortho intramolecular Hbond substituents is 1. The minimum atomic E-state index is -0.0501. The smallest absolute Gasteiger partial charge is 0.240 e. The van der Waals surface area contributed by atoms with Crippen molar-refractivity contribution in [1.82, 2.24) is 5.43 Å². The van der Waals surface area contributed by atoms with Gasteiger partial charge in [0.15, 0.2) is 0 Å². The van der Waals surface area contributed by atoms with Gasteiger partial charge in [-0.15, -0.1) is 0 Å². The van der Waals surface area contributed by atoms with Crippen LogP contribution in [0.3, 0.4) is 0 Å². The summed E-state index contributed by atoms with van der Waals surface area (Å²) in [7, 11) is 0. The highest BCUT2D eigenvalue weighted by Gasteiger charge is 2.21. The zero-order valence-electron chi connectivity index (χ0n) is 13.3. The van der Waals surface area contributed by atoms with Gasteiger partial charge in [0.2, 0.25) is 5.91 Å². The number of nitrogens with zero attached hydrogens (tertiary/aromatic N) is 3. The van der Waals surface area contributed by atoms with Gasteiger partial charge in [0.25, 0.3) is 0 Å². The molecule has 6 heteroatoms. The molecule has 1 aliphatic heterocycles. The number of benzene rings is 2. The number of hydrogen-bond donors (Lipinski definition) is 2. The average molecular weight is 322 g/mol. The maximum absolute atomic E-state index is 11.3. The fraction of sp³-hybridized carbons (Fsp3) is 0.222. The molecule has 1 atom stereocenters. The molecule has 0 fully saturated rings. The zero-order chi connectivity index (χ0) is 16.9. The first kappa shape index (κ1) is 15.9. The molecule has 3 rings (SSSR count). The number of nitrogens with one attached hydrogen (secondary N) is 1. The SMILES string of the molecule is CC1CC(=O)NN=C1c1ccc(N=NCc2ccc(O)cc2)cc1. The maximum atomic E-state index is 11.3. The number of hydrogen-bond acceptors (Lipinski definition) is 5. The molecule has 2 aromatic rings. The lowest BCUT2D eigenvalue weighted by molar-refractivity contribution is -0.121. The molecular weight excluding hydrogens is 304 g/mol. The van der Waals surface area contributed by atoms with Gasteiger partial charge in [0.05, 0.1) is 17.9 Å². The van der Waals surface area contributed by atoms with Crippen molar-refractivity contribution in [1.29, 1.82) is 0 Å². The van der Waals surface area contributed by atoms with E-state index in [2.05, 4.69) is 20.8 Å². The van der Waals surface area contributed by atoms with E-state index >= 15 is 0 Å². The third kappa shape index (κ3) is 3.84. The number of hydrazone groups is 1. The number of aromatic hydroxyl groups is 1. The van der Waals surface area contributed by atoms with Crippen LogP contribution in [0.25, 0.3) is 0 Å². The Morgan fingerprint density at radius 2 is 1.88 bits per heavy atom. The largest absolute Gasteiger partial charge is 0.508 e. The van der Waals surface area contributed by atoms with Crippen LogP contribution < -0.4 is 5.43 Å². The van der Waals surface area contributed by atoms with Crippen molar-refractivity contribution in [2.45, 2.75) is 19.9 Å². The van der Waals surface area contributed by atoms with Crippen LogP contribution >= 0.6 is 0 Å². The summed E-state index contributed by atoms with van der Waals surface area (Å²) < 4.78 is 0. The van der Waals surface area contributed by atoms with E-state index < -0.39 is 0 Å². The van der Waals surface area contributed by atoms with E-state index in [1.165, 1.54) is 0 Å². The molecule has 122 valence electrons. The van der Waals surface area contributed by atoms with Crippen molar-refractivity contribution < 1.29 is 9.90 Å². The van der Waals surface area contributed by atoms with Gasteiger partial charge in [0.1, 0.15) is 5.75 Å². The summed E-state index contributed by atoms with van der Waals surface area (Å²) in [5.74, 6) is 0.286. The number of amides is 1. The highest BCUT2D eigenvalue weighted by atomic mass is 16.3. The lowest BCUT2D eigenvalue weighted by atomic mass is 9.94. The van der Waals surface area contributed by atoms with Crippen LogP contribution in [-0.4, -0.2) is 16.7 Å². The predicted octanol–water partition coefficient (Wildman–Crippen LogP) is 3.54. The summed E-state index contributed by atoms with van der Waals surface area (Å²) in [5.41, 5.74) is 6.11. The summed E-state index contributed by atoms with van der Waals surface area (Å²) in [6.07, 6.45) is 0.451. The van der Waals surface area contributed by atoms with Gasteiger partial charge in [-0.2, -0.15) is 15.3 Å². The van der Waals surface area contributed by atoms with Gasteiger partial charge in [-0.25, -0.2) is 5.43 Å². The molecule has 2 aromatic carbocycles. The van der Waals surface area contributed by atoms with Crippen LogP contribution in [0.5, 0.6) is 5.75 Å². The fourth-order valence-electron chi connectivity index (χ4n) is 2.50. The van der Waals surface area contributed by atoms with E-state index in [4.69, 9.17) is 0 Å². The van der Waals surface area contributed by atoms with Gasteiger partial charge in [-0.1, -0.05) is 31.2 Å². The van der Waals surface area contributed by atoms with E-state index in [-0.39, 0.29) is 17.6 Å². The quantitative estimate of drug-likeness (QED) is 0.844. The molecule has 0 aliphatic carbocycles. The Morgan fingerprint density at radius 1 is 1.17 bits per heavy atom. The standard InChI is InChI=1S/C18H18N4O2/c1-12-10-17(24)21-22-18(12)14-4-6-15(7-5-14)20-19-11-13-2-8-16(23)9-3-13/h2-9,12,23H,10-11H2,1H3,(H,21,24). The van der Waals surface area contributed by atoms with Crippen LogP contribution in [0.1, 0.15) is 24.5 Å². The van der Waals surface area contributed by atoms with Crippen molar-refractivity contribution in [3.8, 4) is 5.75 Å². The van der Waals surface area contributed by atoms with E-state index in [0.717, 1.165) is 22.5 Å². The Hall–Kier alpha value is -3.02. The Bertz CT molecular complexity index is 780. The van der Waals surface area contributed by atoms with E-state index in [9.17, 15) is 9.90 Å². The van der Waals surface area contributed by atoms with Crippen LogP contribution in [0.15, 0.2) is 63.9 Å².